The summed E-state index contributed by atoms with van der Waals surface area (Å²) in [7, 11) is 0. The summed E-state index contributed by atoms with van der Waals surface area (Å²) in [5, 5.41) is 0. The molecule has 0 saturated carbocycles. The number of ether oxygens (including phenoxy) is 2. The lowest BCUT2D eigenvalue weighted by atomic mass is 10.0. The lowest BCUT2D eigenvalue weighted by Gasteiger charge is -2.08. The smallest absolute Gasteiger partial charge is 0.306 e. The molecule has 0 fully saturated rings. The Labute approximate surface area is 199 Å². The zero-order valence-corrected chi connectivity index (χ0v) is 19.3. The first kappa shape index (κ1) is 26.1. The molecule has 6 heteroatoms. The summed E-state index contributed by atoms with van der Waals surface area (Å²) in [6.07, 6.45) is 1.14. The monoisotopic (exact) mass is 458 g/mol. The Morgan fingerprint density at radius 3 is 1.41 bits per heavy atom. The molecule has 0 radical (unpaired) electrons. The van der Waals surface area contributed by atoms with E-state index in [2.05, 4.69) is 23.7 Å². The molecule has 0 bridgehead atoms. The van der Waals surface area contributed by atoms with Gasteiger partial charge in [0.1, 0.15) is 13.2 Å². The lowest BCUT2D eigenvalue weighted by molar-refractivity contribution is -0.152. The first-order valence-electron chi connectivity index (χ1n) is 10.9. The van der Waals surface area contributed by atoms with E-state index in [1.807, 2.05) is 36.4 Å². The van der Waals surface area contributed by atoms with E-state index < -0.39 is 11.9 Å². The van der Waals surface area contributed by atoms with Gasteiger partial charge in [0.2, 0.25) is 11.6 Å². The van der Waals surface area contributed by atoms with Crippen LogP contribution in [0.5, 0.6) is 0 Å². The number of Topliss-reactive ketones (excluding diaryl/α,β-unsaturated/α-hetero) is 2. The number of carbonyl (C=O) groups is 4. The van der Waals surface area contributed by atoms with Crippen molar-refractivity contribution in [2.45, 2.75) is 39.5 Å². The molecule has 0 heterocycles. The van der Waals surface area contributed by atoms with Gasteiger partial charge in [0, 0.05) is 37.8 Å². The van der Waals surface area contributed by atoms with E-state index in [0.29, 0.717) is 24.0 Å². The molecule has 2 aromatic rings. The molecule has 0 N–H and O–H groups in total. The summed E-state index contributed by atoms with van der Waals surface area (Å²) in [6, 6.07) is 14.6. The fourth-order valence-corrected chi connectivity index (χ4v) is 2.96. The molecule has 0 aromatic heterocycles. The predicted molar refractivity (Wildman–Crippen MR) is 127 cm³/mol. The first-order chi connectivity index (χ1) is 16.3. The number of ketones is 2. The Morgan fingerprint density at radius 1 is 0.647 bits per heavy atom. The average Bonchev–Trinajstić information content (AvgIpc) is 2.82. The highest BCUT2D eigenvalue weighted by atomic mass is 16.6. The zero-order valence-electron chi connectivity index (χ0n) is 19.3. The Hall–Kier alpha value is -4.16. The third-order valence-corrected chi connectivity index (χ3v) is 4.59. The molecule has 0 saturated heterocycles. The Kier molecular flexibility index (Phi) is 10.8. The standard InChI is InChI=1S/C28H26O6/c1-21(29)11-13-23-7-3-5-9-25(23)15-17-27(31)33-19-20-34-28(32)18-16-26-10-6-4-8-24(26)14-12-22(2)30/h3-10H,15-20H2,1-2H3. The van der Waals surface area contributed by atoms with Gasteiger partial charge in [-0.1, -0.05) is 48.2 Å². The topological polar surface area (TPSA) is 86.7 Å². The molecular weight excluding hydrogens is 432 g/mol. The van der Waals surface area contributed by atoms with Crippen molar-refractivity contribution in [3.8, 4) is 23.7 Å². The molecule has 0 aliphatic rings. The maximum atomic E-state index is 12.0. The second-order valence-corrected chi connectivity index (χ2v) is 7.37. The van der Waals surface area contributed by atoms with Crippen molar-refractivity contribution in [2.24, 2.45) is 0 Å². The maximum absolute atomic E-state index is 12.0. The van der Waals surface area contributed by atoms with E-state index in [-0.39, 0.29) is 37.6 Å². The van der Waals surface area contributed by atoms with E-state index in [9.17, 15) is 19.2 Å². The van der Waals surface area contributed by atoms with Crippen LogP contribution in [-0.4, -0.2) is 36.7 Å². The predicted octanol–water partition coefficient (Wildman–Crippen LogP) is 3.22. The van der Waals surface area contributed by atoms with E-state index in [0.717, 1.165) is 11.1 Å². The van der Waals surface area contributed by atoms with Gasteiger partial charge in [-0.05, 0) is 47.9 Å². The van der Waals surface area contributed by atoms with Crippen molar-refractivity contribution in [1.82, 2.24) is 0 Å². The van der Waals surface area contributed by atoms with Gasteiger partial charge in [0.25, 0.3) is 0 Å². The van der Waals surface area contributed by atoms with Gasteiger partial charge in [-0.15, -0.1) is 0 Å². The van der Waals surface area contributed by atoms with E-state index in [1.54, 1.807) is 12.1 Å². The minimum atomic E-state index is -0.414. The molecule has 0 spiro atoms. The molecule has 174 valence electrons. The molecule has 6 nitrogen and oxygen atoms in total. The van der Waals surface area contributed by atoms with Gasteiger partial charge in [0.15, 0.2) is 0 Å². The molecule has 0 amide bonds. The molecule has 0 unspecified atom stereocenters. The highest BCUT2D eigenvalue weighted by Crippen LogP contribution is 2.12. The molecule has 0 atom stereocenters. The highest BCUT2D eigenvalue weighted by Gasteiger charge is 2.09. The summed E-state index contributed by atoms with van der Waals surface area (Å²) in [6.45, 7) is 2.72. The lowest BCUT2D eigenvalue weighted by Crippen LogP contribution is -2.15. The maximum Gasteiger partial charge on any atom is 0.306 e. The van der Waals surface area contributed by atoms with Crippen molar-refractivity contribution >= 4 is 23.5 Å². The highest BCUT2D eigenvalue weighted by molar-refractivity contribution is 5.94. The number of benzene rings is 2. The largest absolute Gasteiger partial charge is 0.462 e. The SMILES string of the molecule is CC(=O)C#Cc1ccccc1CCC(=O)OCCOC(=O)CCc1ccccc1C#CC(C)=O. The van der Waals surface area contributed by atoms with Crippen LogP contribution in [0.15, 0.2) is 48.5 Å². The Balaban J connectivity index is 1.71. The third kappa shape index (κ3) is 9.97. The number of rotatable bonds is 9. The summed E-state index contributed by atoms with van der Waals surface area (Å²) in [5.74, 6) is 9.34. The number of hydrogen-bond donors (Lipinski definition) is 0. The normalized spacial score (nSPS) is 9.59. The van der Waals surface area contributed by atoms with Crippen LogP contribution in [0.2, 0.25) is 0 Å². The fraction of sp³-hybridized carbons (Fsp3) is 0.286. The van der Waals surface area contributed by atoms with Crippen LogP contribution in [0.25, 0.3) is 0 Å². The second-order valence-electron chi connectivity index (χ2n) is 7.37. The molecule has 2 rings (SSSR count). The van der Waals surface area contributed by atoms with Crippen LogP contribution in [-0.2, 0) is 41.5 Å². The van der Waals surface area contributed by atoms with Crippen molar-refractivity contribution in [1.29, 1.82) is 0 Å². The second kappa shape index (κ2) is 14.1. The molecule has 34 heavy (non-hydrogen) atoms. The van der Waals surface area contributed by atoms with Crippen molar-refractivity contribution in [2.75, 3.05) is 13.2 Å². The van der Waals surface area contributed by atoms with Crippen LogP contribution >= 0.6 is 0 Å². The third-order valence-electron chi connectivity index (χ3n) is 4.59. The molecule has 0 aliphatic carbocycles. The minimum absolute atomic E-state index is 0.0307. The van der Waals surface area contributed by atoms with E-state index >= 15 is 0 Å². The van der Waals surface area contributed by atoms with Gasteiger partial charge >= 0.3 is 11.9 Å². The summed E-state index contributed by atoms with van der Waals surface area (Å²) >= 11 is 0. The minimum Gasteiger partial charge on any atom is -0.462 e. The summed E-state index contributed by atoms with van der Waals surface area (Å²) in [5.41, 5.74) is 3.11. The van der Waals surface area contributed by atoms with Gasteiger partial charge in [-0.3, -0.25) is 19.2 Å². The first-order valence-corrected chi connectivity index (χ1v) is 10.9. The van der Waals surface area contributed by atoms with Crippen molar-refractivity contribution in [3.63, 3.8) is 0 Å². The molecule has 2 aromatic carbocycles. The van der Waals surface area contributed by atoms with Gasteiger partial charge in [0.05, 0.1) is 0 Å². The van der Waals surface area contributed by atoms with Crippen LogP contribution in [0.3, 0.4) is 0 Å². The quantitative estimate of drug-likeness (QED) is 0.326. The molecule has 0 aliphatic heterocycles. The van der Waals surface area contributed by atoms with Crippen LogP contribution in [0.1, 0.15) is 48.9 Å². The number of esters is 2. The van der Waals surface area contributed by atoms with Crippen molar-refractivity contribution < 1.29 is 28.7 Å². The average molecular weight is 459 g/mol. The Morgan fingerprint density at radius 2 is 1.03 bits per heavy atom. The number of carbonyl (C=O) groups excluding carboxylic acids is 4. The van der Waals surface area contributed by atoms with Gasteiger partial charge < -0.3 is 9.47 Å². The van der Waals surface area contributed by atoms with Gasteiger partial charge in [-0.2, -0.15) is 0 Å². The number of aryl methyl sites for hydroxylation is 2. The Bertz CT molecular complexity index is 1080. The summed E-state index contributed by atoms with van der Waals surface area (Å²) in [4.78, 5) is 46.1. The van der Waals surface area contributed by atoms with Crippen LogP contribution in [0.4, 0.5) is 0 Å². The van der Waals surface area contributed by atoms with Crippen LogP contribution < -0.4 is 0 Å². The fourth-order valence-electron chi connectivity index (χ4n) is 2.96. The zero-order chi connectivity index (χ0) is 24.8. The van der Waals surface area contributed by atoms with Crippen LogP contribution in [0, 0.1) is 23.7 Å². The van der Waals surface area contributed by atoms with Gasteiger partial charge in [-0.25, -0.2) is 0 Å². The summed E-state index contributed by atoms with van der Waals surface area (Å²) < 4.78 is 10.3. The molecular formula is C28H26O6. The van der Waals surface area contributed by atoms with E-state index in [1.165, 1.54) is 13.8 Å². The van der Waals surface area contributed by atoms with Crippen molar-refractivity contribution in [3.05, 3.63) is 70.8 Å². The number of hydrogen-bond acceptors (Lipinski definition) is 6. The van der Waals surface area contributed by atoms with E-state index in [4.69, 9.17) is 9.47 Å².